The Balaban J connectivity index is 1.78. The molecule has 1 aliphatic heterocycles. The quantitative estimate of drug-likeness (QED) is 0.164. The highest BCUT2D eigenvalue weighted by atomic mass is 32.2. The Morgan fingerprint density at radius 2 is 1.49 bits per heavy atom. The molecular formula is C30H36N6O4S. The molecule has 1 saturated heterocycles. The van der Waals surface area contributed by atoms with Crippen molar-refractivity contribution in [1.29, 1.82) is 5.41 Å². The first-order valence-corrected chi connectivity index (χ1v) is 14.8. The molecule has 0 aliphatic carbocycles. The highest BCUT2D eigenvalue weighted by Crippen LogP contribution is 2.30. The number of Topliss-reactive ketones (excluding diaryl/α,β-unsaturated/α-hetero) is 1. The van der Waals surface area contributed by atoms with Gasteiger partial charge in [0.05, 0.1) is 6.04 Å². The van der Waals surface area contributed by atoms with Gasteiger partial charge in [0.15, 0.2) is 5.78 Å². The Morgan fingerprint density at radius 1 is 0.927 bits per heavy atom. The second-order valence-corrected chi connectivity index (χ2v) is 12.1. The zero-order chi connectivity index (χ0) is 29.6. The molecule has 1 heterocycles. The molecule has 0 saturated carbocycles. The Morgan fingerprint density at radius 3 is 1.95 bits per heavy atom. The van der Waals surface area contributed by atoms with Crippen LogP contribution in [0.3, 0.4) is 0 Å². The lowest BCUT2D eigenvalue weighted by atomic mass is 9.84. The number of benzene rings is 3. The first kappa shape index (κ1) is 30.1. The van der Waals surface area contributed by atoms with Crippen molar-refractivity contribution in [2.24, 2.45) is 5.73 Å². The average Bonchev–Trinajstić information content (AvgIpc) is 3.51. The number of carbonyl (C=O) groups excluding carboxylic acids is 2. The normalized spacial score (nSPS) is 16.8. The smallest absolute Gasteiger partial charge is 0.279 e. The molecule has 11 heteroatoms. The summed E-state index contributed by atoms with van der Waals surface area (Å²) in [6.45, 7) is 0.690. The predicted octanol–water partition coefficient (Wildman–Crippen LogP) is 2.05. The largest absolute Gasteiger partial charge is 0.384 e. The molecule has 3 aromatic rings. The van der Waals surface area contributed by atoms with E-state index in [4.69, 9.17) is 11.1 Å². The van der Waals surface area contributed by atoms with Crippen LogP contribution in [0.5, 0.6) is 0 Å². The zero-order valence-electron chi connectivity index (χ0n) is 23.1. The average molecular weight is 577 g/mol. The number of ketones is 1. The minimum Gasteiger partial charge on any atom is -0.384 e. The maximum absolute atomic E-state index is 14.2. The standard InChI is InChI=1S/C30H36N6O4S/c1-36(2)41(39,40)35-27(25(20-10-5-3-6-11-20)21-12-7-4-8-13-21)30(38)34-26(28(37)24-14-9-19-33-24)22-15-17-23(18-16-22)29(31)32/h3-8,10-13,15-18,24-27,33,35H,9,14,19H2,1-2H3,(H3,31,32)(H,34,38)/t24-,26?,27+/m0/s1. The number of carbonyl (C=O) groups is 2. The van der Waals surface area contributed by atoms with Crippen LogP contribution in [-0.2, 0) is 19.8 Å². The number of hydrogen-bond acceptors (Lipinski definition) is 6. The number of rotatable bonds is 12. The van der Waals surface area contributed by atoms with Gasteiger partial charge in [-0.25, -0.2) is 0 Å². The lowest BCUT2D eigenvalue weighted by Crippen LogP contribution is -2.54. The maximum Gasteiger partial charge on any atom is 0.279 e. The zero-order valence-corrected chi connectivity index (χ0v) is 23.9. The second-order valence-electron chi connectivity index (χ2n) is 10.2. The molecule has 4 rings (SSSR count). The summed E-state index contributed by atoms with van der Waals surface area (Å²) in [5.41, 5.74) is 8.06. The van der Waals surface area contributed by atoms with Gasteiger partial charge in [0, 0.05) is 25.6 Å². The van der Waals surface area contributed by atoms with Crippen molar-refractivity contribution < 1.29 is 18.0 Å². The van der Waals surface area contributed by atoms with Gasteiger partial charge in [-0.3, -0.25) is 15.0 Å². The minimum absolute atomic E-state index is 0.118. The van der Waals surface area contributed by atoms with Crippen molar-refractivity contribution in [3.05, 3.63) is 107 Å². The SMILES string of the molecule is CN(C)S(=O)(=O)N[C@@H](C(=O)NC(C(=O)[C@@H]1CCCN1)c1ccc(C(=N)N)cc1)C(c1ccccc1)c1ccccc1. The van der Waals surface area contributed by atoms with E-state index in [2.05, 4.69) is 15.4 Å². The van der Waals surface area contributed by atoms with Crippen LogP contribution >= 0.6 is 0 Å². The van der Waals surface area contributed by atoms with Crippen LogP contribution in [-0.4, -0.2) is 63.0 Å². The third-order valence-electron chi connectivity index (χ3n) is 7.22. The molecule has 41 heavy (non-hydrogen) atoms. The van der Waals surface area contributed by atoms with E-state index in [1.165, 1.54) is 14.1 Å². The van der Waals surface area contributed by atoms with Crippen molar-refractivity contribution >= 4 is 27.7 Å². The van der Waals surface area contributed by atoms with E-state index in [0.29, 0.717) is 24.1 Å². The molecule has 1 fully saturated rings. The molecule has 1 aliphatic rings. The van der Waals surface area contributed by atoms with E-state index in [9.17, 15) is 18.0 Å². The first-order valence-electron chi connectivity index (χ1n) is 13.4. The van der Waals surface area contributed by atoms with Crippen LogP contribution in [0, 0.1) is 5.41 Å². The molecule has 0 bridgehead atoms. The third-order valence-corrected chi connectivity index (χ3v) is 8.73. The van der Waals surface area contributed by atoms with Crippen LogP contribution in [0.15, 0.2) is 84.9 Å². The topological polar surface area (TPSA) is 157 Å². The number of nitrogens with two attached hydrogens (primary N) is 1. The summed E-state index contributed by atoms with van der Waals surface area (Å²) < 4.78 is 29.9. The van der Waals surface area contributed by atoms with Gasteiger partial charge in [0.25, 0.3) is 10.2 Å². The lowest BCUT2D eigenvalue weighted by molar-refractivity contribution is -0.130. The molecule has 3 atom stereocenters. The molecule has 6 N–H and O–H groups in total. The molecule has 1 amide bonds. The summed E-state index contributed by atoms with van der Waals surface area (Å²) in [5, 5.41) is 13.8. The highest BCUT2D eigenvalue weighted by Gasteiger charge is 2.38. The Labute approximate surface area is 241 Å². The van der Waals surface area contributed by atoms with Gasteiger partial charge in [0.2, 0.25) is 5.91 Å². The van der Waals surface area contributed by atoms with Gasteiger partial charge in [-0.05, 0) is 36.1 Å². The van der Waals surface area contributed by atoms with Crippen molar-refractivity contribution in [1.82, 2.24) is 19.7 Å². The molecule has 3 aromatic carbocycles. The lowest BCUT2D eigenvalue weighted by Gasteiger charge is -2.31. The second kappa shape index (κ2) is 13.2. The summed E-state index contributed by atoms with van der Waals surface area (Å²) in [6.07, 6.45) is 1.46. The van der Waals surface area contributed by atoms with E-state index in [1.807, 2.05) is 60.7 Å². The summed E-state index contributed by atoms with van der Waals surface area (Å²) in [7, 11) is -1.31. The Hall–Kier alpha value is -3.90. The molecular weight excluding hydrogens is 540 g/mol. The summed E-state index contributed by atoms with van der Waals surface area (Å²) in [6, 6.07) is 22.1. The summed E-state index contributed by atoms with van der Waals surface area (Å²) in [5.74, 6) is -1.70. The van der Waals surface area contributed by atoms with Gasteiger partial charge in [-0.2, -0.15) is 17.4 Å². The van der Waals surface area contributed by atoms with Crippen molar-refractivity contribution in [3.8, 4) is 0 Å². The minimum atomic E-state index is -4.07. The molecule has 1 unspecified atom stereocenters. The summed E-state index contributed by atoms with van der Waals surface area (Å²) in [4.78, 5) is 28.0. The molecule has 0 radical (unpaired) electrons. The van der Waals surface area contributed by atoms with Crippen LogP contribution in [0.4, 0.5) is 0 Å². The van der Waals surface area contributed by atoms with Gasteiger partial charge in [-0.15, -0.1) is 0 Å². The molecule has 0 spiro atoms. The van der Waals surface area contributed by atoms with Crippen molar-refractivity contribution in [2.75, 3.05) is 20.6 Å². The predicted molar refractivity (Wildman–Crippen MR) is 159 cm³/mol. The van der Waals surface area contributed by atoms with E-state index < -0.39 is 40.2 Å². The first-order chi connectivity index (χ1) is 19.6. The van der Waals surface area contributed by atoms with Gasteiger partial charge in [0.1, 0.15) is 17.9 Å². The Bertz CT molecular complexity index is 1420. The van der Waals surface area contributed by atoms with E-state index in [1.54, 1.807) is 24.3 Å². The van der Waals surface area contributed by atoms with Gasteiger partial charge in [-0.1, -0.05) is 84.9 Å². The fourth-order valence-corrected chi connectivity index (χ4v) is 5.75. The number of nitrogens with zero attached hydrogens (tertiary/aromatic N) is 1. The van der Waals surface area contributed by atoms with Crippen molar-refractivity contribution in [2.45, 2.75) is 36.9 Å². The van der Waals surface area contributed by atoms with Crippen LogP contribution in [0.25, 0.3) is 0 Å². The number of nitrogen functional groups attached to an aromatic ring is 1. The number of nitrogens with one attached hydrogen (secondary N) is 4. The fourth-order valence-electron chi connectivity index (χ4n) is 4.97. The number of amidine groups is 1. The van der Waals surface area contributed by atoms with E-state index >= 15 is 0 Å². The third kappa shape index (κ3) is 7.25. The molecule has 216 valence electrons. The van der Waals surface area contributed by atoms with Crippen LogP contribution in [0.1, 0.15) is 47.1 Å². The monoisotopic (exact) mass is 576 g/mol. The molecule has 0 aromatic heterocycles. The van der Waals surface area contributed by atoms with E-state index in [-0.39, 0.29) is 11.6 Å². The highest BCUT2D eigenvalue weighted by molar-refractivity contribution is 7.87. The number of hydrogen-bond donors (Lipinski definition) is 5. The van der Waals surface area contributed by atoms with Crippen LogP contribution in [0.2, 0.25) is 0 Å². The number of amides is 1. The fraction of sp³-hybridized carbons (Fsp3) is 0.300. The van der Waals surface area contributed by atoms with Crippen LogP contribution < -0.4 is 21.1 Å². The van der Waals surface area contributed by atoms with Crippen molar-refractivity contribution in [3.63, 3.8) is 0 Å². The summed E-state index contributed by atoms with van der Waals surface area (Å²) >= 11 is 0. The van der Waals surface area contributed by atoms with Gasteiger partial charge >= 0.3 is 0 Å². The molecule has 10 nitrogen and oxygen atoms in total. The van der Waals surface area contributed by atoms with Gasteiger partial charge < -0.3 is 16.4 Å². The Kier molecular flexibility index (Phi) is 9.66. The van der Waals surface area contributed by atoms with E-state index in [0.717, 1.165) is 21.9 Å². The maximum atomic E-state index is 14.2.